The van der Waals surface area contributed by atoms with E-state index < -0.39 is 5.97 Å². The summed E-state index contributed by atoms with van der Waals surface area (Å²) in [5.41, 5.74) is 2.78. The Morgan fingerprint density at radius 1 is 1.20 bits per heavy atom. The third-order valence-electron chi connectivity index (χ3n) is 4.13. The van der Waals surface area contributed by atoms with Gasteiger partial charge in [0.15, 0.2) is 12.4 Å². The van der Waals surface area contributed by atoms with Gasteiger partial charge in [0.1, 0.15) is 5.69 Å². The number of carbonyl (C=O) groups excluding carboxylic acids is 3. The Balaban J connectivity index is 1.77. The van der Waals surface area contributed by atoms with Crippen molar-refractivity contribution in [1.29, 1.82) is 0 Å². The highest BCUT2D eigenvalue weighted by Crippen LogP contribution is 2.22. The molecule has 0 saturated carbocycles. The number of aromatic nitrogens is 2. The Morgan fingerprint density at radius 3 is 2.60 bits per heavy atom. The second-order valence-electron chi connectivity index (χ2n) is 5.95. The molecule has 1 N–H and O–H groups in total. The van der Waals surface area contributed by atoms with Crippen LogP contribution in [0.5, 0.6) is 0 Å². The molecular weight excluding hydrogens is 320 g/mol. The van der Waals surface area contributed by atoms with Gasteiger partial charge in [0, 0.05) is 41.0 Å². The summed E-state index contributed by atoms with van der Waals surface area (Å²) < 4.78 is 6.67. The molecule has 2 heterocycles. The molecule has 0 radical (unpaired) electrons. The van der Waals surface area contributed by atoms with Crippen LogP contribution in [0.25, 0.3) is 10.9 Å². The highest BCUT2D eigenvalue weighted by Gasteiger charge is 2.20. The van der Waals surface area contributed by atoms with E-state index in [1.165, 1.54) is 17.6 Å². The van der Waals surface area contributed by atoms with Crippen LogP contribution in [0, 0.1) is 6.92 Å². The second-order valence-corrected chi connectivity index (χ2v) is 5.95. The van der Waals surface area contributed by atoms with E-state index in [-0.39, 0.29) is 23.9 Å². The lowest BCUT2D eigenvalue weighted by molar-refractivity contribution is 0.0465. The highest BCUT2D eigenvalue weighted by atomic mass is 16.5. The molecule has 0 fully saturated rings. The Bertz CT molecular complexity index is 994. The maximum absolute atomic E-state index is 12.5. The summed E-state index contributed by atoms with van der Waals surface area (Å²) in [4.78, 5) is 39.3. The number of H-pyrrole nitrogens is 1. The largest absolute Gasteiger partial charge is 0.453 e. The molecular formula is C19H18N2O4. The fourth-order valence-electron chi connectivity index (χ4n) is 2.87. The van der Waals surface area contributed by atoms with Crippen LogP contribution in [0.15, 0.2) is 36.5 Å². The number of hydrogen-bond donors (Lipinski definition) is 1. The van der Waals surface area contributed by atoms with Crippen molar-refractivity contribution in [2.75, 3.05) is 6.61 Å². The first-order valence-corrected chi connectivity index (χ1v) is 7.83. The molecule has 3 rings (SSSR count). The molecule has 0 amide bonds. The van der Waals surface area contributed by atoms with Gasteiger partial charge in [-0.05, 0) is 26.0 Å². The standard InChI is InChI=1S/C19H18N2O4/c1-11-18(14-6-4-5-7-15(14)20-11)17(23)10-25-19(24)16-8-13(12(2)22)9-21(16)3/h4-9,20H,10H2,1-3H3. The van der Waals surface area contributed by atoms with Crippen LogP contribution in [0.1, 0.15) is 43.8 Å². The number of benzene rings is 1. The number of ketones is 2. The number of fused-ring (bicyclic) bond motifs is 1. The number of carbonyl (C=O) groups is 3. The van der Waals surface area contributed by atoms with E-state index in [0.29, 0.717) is 11.1 Å². The quantitative estimate of drug-likeness (QED) is 0.573. The first-order chi connectivity index (χ1) is 11.9. The molecule has 1 aromatic carbocycles. The zero-order valence-corrected chi connectivity index (χ0v) is 14.3. The first-order valence-electron chi connectivity index (χ1n) is 7.83. The summed E-state index contributed by atoms with van der Waals surface area (Å²) in [5, 5.41) is 0.804. The first kappa shape index (κ1) is 16.7. The summed E-state index contributed by atoms with van der Waals surface area (Å²) in [6, 6.07) is 8.94. The van der Waals surface area contributed by atoms with Gasteiger partial charge in [0.05, 0.1) is 0 Å². The number of aromatic amines is 1. The molecule has 3 aromatic rings. The minimum Gasteiger partial charge on any atom is -0.453 e. The van der Waals surface area contributed by atoms with Crippen LogP contribution in [0.3, 0.4) is 0 Å². The van der Waals surface area contributed by atoms with Gasteiger partial charge in [0.2, 0.25) is 5.78 Å². The zero-order chi connectivity index (χ0) is 18.1. The molecule has 2 aromatic heterocycles. The zero-order valence-electron chi connectivity index (χ0n) is 14.3. The van der Waals surface area contributed by atoms with Crippen molar-refractivity contribution in [1.82, 2.24) is 9.55 Å². The SMILES string of the molecule is CC(=O)c1cc(C(=O)OCC(=O)c2c(C)[nH]c3ccccc23)n(C)c1. The fourth-order valence-corrected chi connectivity index (χ4v) is 2.87. The Hall–Kier alpha value is -3.15. The number of aryl methyl sites for hydroxylation is 2. The molecule has 0 spiro atoms. The molecule has 128 valence electrons. The Morgan fingerprint density at radius 2 is 1.92 bits per heavy atom. The molecule has 0 aliphatic heterocycles. The molecule has 0 aliphatic carbocycles. The number of esters is 1. The van der Waals surface area contributed by atoms with E-state index in [2.05, 4.69) is 4.98 Å². The van der Waals surface area contributed by atoms with E-state index in [9.17, 15) is 14.4 Å². The normalized spacial score (nSPS) is 10.8. The van der Waals surface area contributed by atoms with Gasteiger partial charge in [-0.2, -0.15) is 0 Å². The maximum Gasteiger partial charge on any atom is 0.355 e. The third-order valence-corrected chi connectivity index (χ3v) is 4.13. The maximum atomic E-state index is 12.5. The second kappa shape index (κ2) is 6.39. The van der Waals surface area contributed by atoms with Gasteiger partial charge in [-0.25, -0.2) is 4.79 Å². The number of para-hydroxylation sites is 1. The summed E-state index contributed by atoms with van der Waals surface area (Å²) in [6.45, 7) is 2.88. The molecule has 0 aliphatic rings. The number of Topliss-reactive ketones (excluding diaryl/α,β-unsaturated/α-hetero) is 2. The lowest BCUT2D eigenvalue weighted by Gasteiger charge is -2.05. The summed E-state index contributed by atoms with van der Waals surface area (Å²) >= 11 is 0. The van der Waals surface area contributed by atoms with E-state index in [1.54, 1.807) is 13.2 Å². The van der Waals surface area contributed by atoms with Crippen molar-refractivity contribution in [3.63, 3.8) is 0 Å². The number of hydrogen-bond acceptors (Lipinski definition) is 4. The van der Waals surface area contributed by atoms with Crippen molar-refractivity contribution >= 4 is 28.4 Å². The van der Waals surface area contributed by atoms with Crippen molar-refractivity contribution in [2.24, 2.45) is 7.05 Å². The van der Waals surface area contributed by atoms with E-state index >= 15 is 0 Å². The van der Waals surface area contributed by atoms with Crippen molar-refractivity contribution in [3.8, 4) is 0 Å². The summed E-state index contributed by atoms with van der Waals surface area (Å²) in [6.07, 6.45) is 1.56. The predicted octanol–water partition coefficient (Wildman–Crippen LogP) is 3.06. The van der Waals surface area contributed by atoms with Crippen molar-refractivity contribution in [2.45, 2.75) is 13.8 Å². The van der Waals surface area contributed by atoms with Gasteiger partial charge in [0.25, 0.3) is 0 Å². The van der Waals surface area contributed by atoms with E-state index in [4.69, 9.17) is 4.74 Å². The summed E-state index contributed by atoms with van der Waals surface area (Å²) in [5.74, 6) is -1.05. The predicted molar refractivity (Wildman–Crippen MR) is 93.1 cm³/mol. The van der Waals surface area contributed by atoms with Crippen molar-refractivity contribution in [3.05, 3.63) is 59.0 Å². The van der Waals surface area contributed by atoms with Crippen LogP contribution in [0.4, 0.5) is 0 Å². The third kappa shape index (κ3) is 3.10. The van der Waals surface area contributed by atoms with Crippen LogP contribution < -0.4 is 0 Å². The molecule has 0 unspecified atom stereocenters. The fraction of sp³-hybridized carbons (Fsp3) is 0.211. The van der Waals surface area contributed by atoms with Crippen LogP contribution in [0.2, 0.25) is 0 Å². The minimum atomic E-state index is -0.638. The number of rotatable bonds is 5. The van der Waals surface area contributed by atoms with Gasteiger partial charge in [-0.15, -0.1) is 0 Å². The molecule has 6 nitrogen and oxygen atoms in total. The lowest BCUT2D eigenvalue weighted by Crippen LogP contribution is -2.16. The van der Waals surface area contributed by atoms with E-state index in [0.717, 1.165) is 16.6 Å². The molecule has 0 saturated heterocycles. The minimum absolute atomic E-state index is 0.139. The molecule has 0 atom stereocenters. The van der Waals surface area contributed by atoms with Gasteiger partial charge in [-0.3, -0.25) is 9.59 Å². The smallest absolute Gasteiger partial charge is 0.355 e. The lowest BCUT2D eigenvalue weighted by atomic mass is 10.1. The van der Waals surface area contributed by atoms with Crippen LogP contribution in [-0.4, -0.2) is 33.7 Å². The van der Waals surface area contributed by atoms with Crippen LogP contribution in [-0.2, 0) is 11.8 Å². The number of nitrogens with one attached hydrogen (secondary N) is 1. The average Bonchev–Trinajstić information content (AvgIpc) is 3.11. The molecule has 0 bridgehead atoms. The van der Waals surface area contributed by atoms with Gasteiger partial charge < -0.3 is 14.3 Å². The Labute approximate surface area is 144 Å². The topological polar surface area (TPSA) is 81.2 Å². The molecule has 25 heavy (non-hydrogen) atoms. The Kier molecular flexibility index (Phi) is 4.27. The highest BCUT2D eigenvalue weighted by molar-refractivity contribution is 6.10. The monoisotopic (exact) mass is 338 g/mol. The van der Waals surface area contributed by atoms with Crippen LogP contribution >= 0.6 is 0 Å². The van der Waals surface area contributed by atoms with Crippen molar-refractivity contribution < 1.29 is 19.1 Å². The van der Waals surface area contributed by atoms with E-state index in [1.807, 2.05) is 31.2 Å². The van der Waals surface area contributed by atoms with Gasteiger partial charge >= 0.3 is 5.97 Å². The number of ether oxygens (including phenoxy) is 1. The summed E-state index contributed by atoms with van der Waals surface area (Å²) in [7, 11) is 1.65. The molecule has 6 heteroatoms. The average molecular weight is 338 g/mol. The number of nitrogens with zero attached hydrogens (tertiary/aromatic N) is 1. The van der Waals surface area contributed by atoms with Gasteiger partial charge in [-0.1, -0.05) is 18.2 Å².